The first-order valence-electron chi connectivity index (χ1n) is 5.75. The SMILES string of the molecule is CCC(Oc1ccc(N(C)S(C)(=O)=O)cc1)C(N)=O. The van der Waals surface area contributed by atoms with Crippen LogP contribution in [0.1, 0.15) is 13.3 Å². The van der Waals surface area contributed by atoms with Crippen molar-refractivity contribution < 1.29 is 17.9 Å². The fraction of sp³-hybridized carbons (Fsp3) is 0.417. The zero-order valence-electron chi connectivity index (χ0n) is 11.2. The van der Waals surface area contributed by atoms with Crippen LogP contribution in [0.25, 0.3) is 0 Å². The van der Waals surface area contributed by atoms with E-state index in [0.29, 0.717) is 17.9 Å². The van der Waals surface area contributed by atoms with E-state index in [1.807, 2.05) is 0 Å². The van der Waals surface area contributed by atoms with E-state index in [0.717, 1.165) is 10.6 Å². The number of nitrogens with two attached hydrogens (primary N) is 1. The number of nitrogens with zero attached hydrogens (tertiary/aromatic N) is 1. The third kappa shape index (κ3) is 4.13. The van der Waals surface area contributed by atoms with Crippen molar-refractivity contribution in [1.82, 2.24) is 0 Å². The van der Waals surface area contributed by atoms with Gasteiger partial charge in [0.1, 0.15) is 5.75 Å². The number of benzene rings is 1. The van der Waals surface area contributed by atoms with Crippen LogP contribution >= 0.6 is 0 Å². The van der Waals surface area contributed by atoms with Gasteiger partial charge in [0, 0.05) is 7.05 Å². The highest BCUT2D eigenvalue weighted by Crippen LogP contribution is 2.21. The van der Waals surface area contributed by atoms with Gasteiger partial charge >= 0.3 is 0 Å². The number of anilines is 1. The molecule has 19 heavy (non-hydrogen) atoms. The Bertz CT molecular complexity index is 539. The third-order valence-electron chi connectivity index (χ3n) is 2.66. The van der Waals surface area contributed by atoms with Gasteiger partial charge in [0.15, 0.2) is 6.10 Å². The van der Waals surface area contributed by atoms with E-state index >= 15 is 0 Å². The van der Waals surface area contributed by atoms with Crippen molar-refractivity contribution in [1.29, 1.82) is 0 Å². The number of carbonyl (C=O) groups is 1. The second kappa shape index (κ2) is 5.92. The summed E-state index contributed by atoms with van der Waals surface area (Å²) >= 11 is 0. The summed E-state index contributed by atoms with van der Waals surface area (Å²) in [6.45, 7) is 1.79. The highest BCUT2D eigenvalue weighted by atomic mass is 32.2. The maximum atomic E-state index is 11.4. The molecule has 1 unspecified atom stereocenters. The fourth-order valence-electron chi connectivity index (χ4n) is 1.43. The Morgan fingerprint density at radius 3 is 2.26 bits per heavy atom. The van der Waals surface area contributed by atoms with Gasteiger partial charge in [-0.25, -0.2) is 8.42 Å². The van der Waals surface area contributed by atoms with Crippen LogP contribution in [-0.4, -0.2) is 33.7 Å². The van der Waals surface area contributed by atoms with Crippen LogP contribution in [0.2, 0.25) is 0 Å². The lowest BCUT2D eigenvalue weighted by Crippen LogP contribution is -2.33. The smallest absolute Gasteiger partial charge is 0.258 e. The number of amides is 1. The Hall–Kier alpha value is -1.76. The Morgan fingerprint density at radius 2 is 1.89 bits per heavy atom. The van der Waals surface area contributed by atoms with Gasteiger partial charge in [0.2, 0.25) is 10.0 Å². The maximum Gasteiger partial charge on any atom is 0.258 e. The second-order valence-electron chi connectivity index (χ2n) is 4.14. The summed E-state index contributed by atoms with van der Waals surface area (Å²) in [7, 11) is -1.83. The number of primary amides is 1. The summed E-state index contributed by atoms with van der Waals surface area (Å²) in [6, 6.07) is 6.40. The minimum absolute atomic E-state index is 0.469. The van der Waals surface area contributed by atoms with Gasteiger partial charge in [-0.1, -0.05) is 6.92 Å². The maximum absolute atomic E-state index is 11.4. The molecule has 2 N–H and O–H groups in total. The summed E-state index contributed by atoms with van der Waals surface area (Å²) in [5.41, 5.74) is 5.69. The first kappa shape index (κ1) is 15.3. The van der Waals surface area contributed by atoms with Crippen molar-refractivity contribution >= 4 is 21.6 Å². The monoisotopic (exact) mass is 286 g/mol. The lowest BCUT2D eigenvalue weighted by Gasteiger charge is -2.18. The van der Waals surface area contributed by atoms with Gasteiger partial charge < -0.3 is 10.5 Å². The highest BCUT2D eigenvalue weighted by Gasteiger charge is 2.15. The van der Waals surface area contributed by atoms with Crippen LogP contribution in [0.4, 0.5) is 5.69 Å². The van der Waals surface area contributed by atoms with Crippen molar-refractivity contribution in [2.75, 3.05) is 17.6 Å². The van der Waals surface area contributed by atoms with Crippen molar-refractivity contribution in [2.45, 2.75) is 19.4 Å². The first-order valence-corrected chi connectivity index (χ1v) is 7.60. The van der Waals surface area contributed by atoms with E-state index in [4.69, 9.17) is 10.5 Å². The normalized spacial score (nSPS) is 12.8. The molecule has 6 nitrogen and oxygen atoms in total. The molecule has 0 aliphatic rings. The van der Waals surface area contributed by atoms with Gasteiger partial charge in [-0.2, -0.15) is 0 Å². The van der Waals surface area contributed by atoms with Gasteiger partial charge in [-0.05, 0) is 30.7 Å². The van der Waals surface area contributed by atoms with Crippen molar-refractivity contribution in [3.8, 4) is 5.75 Å². The minimum Gasteiger partial charge on any atom is -0.481 e. The molecular weight excluding hydrogens is 268 g/mol. The topological polar surface area (TPSA) is 89.7 Å². The predicted molar refractivity (Wildman–Crippen MR) is 73.6 cm³/mol. The number of carbonyl (C=O) groups excluding carboxylic acids is 1. The molecule has 1 amide bonds. The van der Waals surface area contributed by atoms with Crippen LogP contribution < -0.4 is 14.8 Å². The van der Waals surface area contributed by atoms with Crippen LogP contribution in [0.3, 0.4) is 0 Å². The zero-order valence-corrected chi connectivity index (χ0v) is 12.0. The molecule has 0 aliphatic heterocycles. The largest absolute Gasteiger partial charge is 0.481 e. The lowest BCUT2D eigenvalue weighted by molar-refractivity contribution is -0.124. The molecule has 1 atom stereocenters. The predicted octanol–water partition coefficient (Wildman–Crippen LogP) is 0.725. The molecule has 0 bridgehead atoms. The molecule has 1 aromatic carbocycles. The summed E-state index contributed by atoms with van der Waals surface area (Å²) in [5.74, 6) is -0.0591. The summed E-state index contributed by atoms with van der Waals surface area (Å²) in [4.78, 5) is 11.1. The molecule has 1 rings (SSSR count). The first-order chi connectivity index (χ1) is 8.75. The van der Waals surface area contributed by atoms with Crippen LogP contribution in [-0.2, 0) is 14.8 Å². The Kier molecular flexibility index (Phi) is 4.77. The van der Waals surface area contributed by atoms with E-state index in [9.17, 15) is 13.2 Å². The van der Waals surface area contributed by atoms with E-state index < -0.39 is 22.0 Å². The molecule has 0 aliphatic carbocycles. The lowest BCUT2D eigenvalue weighted by atomic mass is 10.2. The minimum atomic E-state index is -3.29. The van der Waals surface area contributed by atoms with E-state index in [1.54, 1.807) is 31.2 Å². The molecule has 0 heterocycles. The summed E-state index contributed by atoms with van der Waals surface area (Å²) < 4.78 is 29.3. The fourth-order valence-corrected chi connectivity index (χ4v) is 1.94. The zero-order chi connectivity index (χ0) is 14.6. The summed E-state index contributed by atoms with van der Waals surface area (Å²) in [6.07, 6.45) is 0.913. The van der Waals surface area contributed by atoms with Gasteiger partial charge in [-0.15, -0.1) is 0 Å². The molecule has 0 radical (unpaired) electrons. The number of rotatable bonds is 6. The molecular formula is C12H18N2O4S. The van der Waals surface area contributed by atoms with E-state index in [1.165, 1.54) is 7.05 Å². The van der Waals surface area contributed by atoms with Gasteiger partial charge in [0.05, 0.1) is 11.9 Å². The Labute approximate surface area is 113 Å². The Balaban J connectivity index is 2.85. The molecule has 0 fully saturated rings. The van der Waals surface area contributed by atoms with Crippen molar-refractivity contribution in [3.63, 3.8) is 0 Å². The van der Waals surface area contributed by atoms with Crippen molar-refractivity contribution in [3.05, 3.63) is 24.3 Å². The molecule has 0 spiro atoms. The number of ether oxygens (including phenoxy) is 1. The number of hydrogen-bond donors (Lipinski definition) is 1. The summed E-state index contributed by atoms with van der Waals surface area (Å²) in [5, 5.41) is 0. The van der Waals surface area contributed by atoms with Crippen LogP contribution in [0.5, 0.6) is 5.75 Å². The van der Waals surface area contributed by atoms with Gasteiger partial charge in [0.25, 0.3) is 5.91 Å². The van der Waals surface area contributed by atoms with E-state index in [2.05, 4.69) is 0 Å². The molecule has 106 valence electrons. The number of hydrogen-bond acceptors (Lipinski definition) is 4. The molecule has 7 heteroatoms. The van der Waals surface area contributed by atoms with Gasteiger partial charge in [-0.3, -0.25) is 9.10 Å². The van der Waals surface area contributed by atoms with E-state index in [-0.39, 0.29) is 0 Å². The number of sulfonamides is 1. The van der Waals surface area contributed by atoms with Crippen molar-refractivity contribution in [2.24, 2.45) is 5.73 Å². The second-order valence-corrected chi connectivity index (χ2v) is 6.16. The third-order valence-corrected chi connectivity index (χ3v) is 3.87. The molecule has 0 saturated carbocycles. The van der Waals surface area contributed by atoms with Crippen LogP contribution in [0.15, 0.2) is 24.3 Å². The van der Waals surface area contributed by atoms with Crippen LogP contribution in [0, 0.1) is 0 Å². The molecule has 0 aromatic heterocycles. The molecule has 1 aromatic rings. The molecule has 0 saturated heterocycles. The quantitative estimate of drug-likeness (QED) is 0.834. The average Bonchev–Trinajstić information content (AvgIpc) is 2.34. The highest BCUT2D eigenvalue weighted by molar-refractivity contribution is 7.92. The average molecular weight is 286 g/mol. The Morgan fingerprint density at radius 1 is 1.37 bits per heavy atom. The standard InChI is InChI=1S/C12H18N2O4S/c1-4-11(12(13)15)18-10-7-5-9(6-8-10)14(2)19(3,16)17/h5-8,11H,4H2,1-3H3,(H2,13,15).